The van der Waals surface area contributed by atoms with Crippen LogP contribution in [-0.4, -0.2) is 67.7 Å². The fourth-order valence-corrected chi connectivity index (χ4v) is 5.60. The molecule has 0 radical (unpaired) electrons. The molecular weight excluding hydrogens is 450 g/mol. The van der Waals surface area contributed by atoms with E-state index in [9.17, 15) is 4.79 Å². The second kappa shape index (κ2) is 10.3. The van der Waals surface area contributed by atoms with Gasteiger partial charge in [-0.1, -0.05) is 12.1 Å². The molecule has 0 saturated carbocycles. The Morgan fingerprint density at radius 2 is 1.86 bits per heavy atom. The summed E-state index contributed by atoms with van der Waals surface area (Å²) in [7, 11) is 5.72. The largest absolute Gasteiger partial charge is 0.497 e. The van der Waals surface area contributed by atoms with Gasteiger partial charge in [0.15, 0.2) is 0 Å². The molecule has 7 heteroatoms. The van der Waals surface area contributed by atoms with Crippen LogP contribution in [0.4, 0.5) is 5.69 Å². The van der Waals surface area contributed by atoms with Crippen LogP contribution in [0.1, 0.15) is 40.6 Å². The van der Waals surface area contributed by atoms with E-state index in [-0.39, 0.29) is 5.91 Å². The molecule has 36 heavy (non-hydrogen) atoms. The lowest BCUT2D eigenvalue weighted by molar-refractivity contribution is 0.0290. The summed E-state index contributed by atoms with van der Waals surface area (Å²) in [5, 5.41) is 3.15. The monoisotopic (exact) mass is 485 g/mol. The number of aryl methyl sites for hydroxylation is 1. The quantitative estimate of drug-likeness (QED) is 0.543. The topological polar surface area (TPSA) is 70.6 Å². The number of benzene rings is 2. The maximum Gasteiger partial charge on any atom is 0.251 e. The van der Waals surface area contributed by atoms with E-state index in [1.807, 2.05) is 33.2 Å². The van der Waals surface area contributed by atoms with Crippen molar-refractivity contribution in [1.29, 1.82) is 0 Å². The highest BCUT2D eigenvalue weighted by molar-refractivity contribution is 5.94. The first-order valence-electron chi connectivity index (χ1n) is 12.7. The minimum Gasteiger partial charge on any atom is -0.497 e. The number of fused-ring (bicyclic) bond motifs is 3. The van der Waals surface area contributed by atoms with Crippen LogP contribution in [0, 0.1) is 12.8 Å². The Hall–Kier alpha value is -3.45. The van der Waals surface area contributed by atoms with Crippen LogP contribution in [-0.2, 0) is 0 Å². The highest BCUT2D eigenvalue weighted by Gasteiger charge is 2.41. The smallest absolute Gasteiger partial charge is 0.251 e. The Bertz CT molecular complexity index is 1210. The molecule has 188 valence electrons. The molecule has 4 heterocycles. The Balaban J connectivity index is 1.25. The lowest BCUT2D eigenvalue weighted by atomic mass is 9.74. The van der Waals surface area contributed by atoms with E-state index in [1.165, 1.54) is 12.1 Å². The van der Waals surface area contributed by atoms with Gasteiger partial charge in [0, 0.05) is 61.7 Å². The van der Waals surface area contributed by atoms with Gasteiger partial charge in [-0.05, 0) is 74.7 Å². The molecule has 0 spiro atoms. The minimum atomic E-state index is -0.0341. The van der Waals surface area contributed by atoms with Gasteiger partial charge >= 0.3 is 0 Å². The van der Waals surface area contributed by atoms with Gasteiger partial charge in [-0.2, -0.15) is 0 Å². The molecule has 0 aliphatic carbocycles. The molecule has 1 aromatic heterocycles. The zero-order chi connectivity index (χ0) is 25.2. The molecular formula is C29H35N5O2. The van der Waals surface area contributed by atoms with Gasteiger partial charge in [0.25, 0.3) is 5.91 Å². The van der Waals surface area contributed by atoms with Crippen LogP contribution < -0.4 is 15.0 Å². The second-order valence-electron chi connectivity index (χ2n) is 10.1. The van der Waals surface area contributed by atoms with Crippen molar-refractivity contribution in [3.63, 3.8) is 0 Å². The van der Waals surface area contributed by atoms with Crippen molar-refractivity contribution in [2.75, 3.05) is 45.7 Å². The summed E-state index contributed by atoms with van der Waals surface area (Å²) < 4.78 is 5.19. The summed E-state index contributed by atoms with van der Waals surface area (Å²) in [6.07, 6.45) is 2.24. The molecule has 7 nitrogen and oxygen atoms in total. The van der Waals surface area contributed by atoms with E-state index >= 15 is 0 Å². The van der Waals surface area contributed by atoms with E-state index in [0.29, 0.717) is 30.0 Å². The lowest BCUT2D eigenvalue weighted by Gasteiger charge is -2.49. The number of anilines is 1. The molecule has 3 saturated heterocycles. The summed E-state index contributed by atoms with van der Waals surface area (Å²) in [5.41, 5.74) is 5.08. The summed E-state index contributed by atoms with van der Waals surface area (Å²) in [5.74, 6) is 2.50. The van der Waals surface area contributed by atoms with Gasteiger partial charge in [0.1, 0.15) is 11.6 Å². The fourth-order valence-electron chi connectivity index (χ4n) is 5.60. The van der Waals surface area contributed by atoms with Gasteiger partial charge < -0.3 is 15.0 Å². The number of hydrogen-bond acceptors (Lipinski definition) is 6. The van der Waals surface area contributed by atoms with E-state index in [4.69, 9.17) is 14.7 Å². The second-order valence-corrected chi connectivity index (χ2v) is 10.1. The van der Waals surface area contributed by atoms with Crippen molar-refractivity contribution in [1.82, 2.24) is 20.2 Å². The molecule has 2 bridgehead atoms. The molecule has 6 rings (SSSR count). The number of rotatable bonds is 7. The third-order valence-corrected chi connectivity index (χ3v) is 7.65. The van der Waals surface area contributed by atoms with E-state index in [1.54, 1.807) is 19.2 Å². The molecule has 3 aliphatic heterocycles. The molecule has 3 aromatic rings. The Morgan fingerprint density at radius 1 is 1.11 bits per heavy atom. The van der Waals surface area contributed by atoms with Crippen LogP contribution in [0.15, 0.2) is 54.6 Å². The van der Waals surface area contributed by atoms with Gasteiger partial charge in [-0.3, -0.25) is 9.69 Å². The van der Waals surface area contributed by atoms with Crippen LogP contribution in [0.2, 0.25) is 0 Å². The highest BCUT2D eigenvalue weighted by atomic mass is 16.5. The first-order chi connectivity index (χ1) is 17.4. The van der Waals surface area contributed by atoms with Crippen molar-refractivity contribution in [2.24, 2.45) is 5.92 Å². The van der Waals surface area contributed by atoms with Crippen LogP contribution in [0.25, 0.3) is 11.3 Å². The first-order valence-corrected chi connectivity index (χ1v) is 12.7. The standard InChI is InChI=1S/C29H35N5O2/c1-19-31-27(20-5-9-23(10-6-20)33(2)3)16-28(32-19)26-18-34-14-13-22(26)15-24(34)17-30-29(35)21-7-11-25(36-4)12-8-21/h5-12,16,22,24,26H,13-15,17-18H2,1-4H3,(H,30,35). The summed E-state index contributed by atoms with van der Waals surface area (Å²) in [6, 6.07) is 18.3. The third kappa shape index (κ3) is 5.07. The predicted octanol–water partition coefficient (Wildman–Crippen LogP) is 4.13. The number of amides is 1. The molecule has 4 atom stereocenters. The summed E-state index contributed by atoms with van der Waals surface area (Å²) in [6.45, 7) is 4.71. The average Bonchev–Trinajstić information content (AvgIpc) is 2.91. The van der Waals surface area contributed by atoms with Gasteiger partial charge in [0.2, 0.25) is 0 Å². The van der Waals surface area contributed by atoms with Gasteiger partial charge in [-0.25, -0.2) is 9.97 Å². The van der Waals surface area contributed by atoms with Crippen LogP contribution in [0.3, 0.4) is 0 Å². The lowest BCUT2D eigenvalue weighted by Crippen LogP contribution is -2.56. The number of methoxy groups -OCH3 is 1. The molecule has 4 unspecified atom stereocenters. The summed E-state index contributed by atoms with van der Waals surface area (Å²) in [4.78, 5) is 26.9. The van der Waals surface area contributed by atoms with Crippen LogP contribution >= 0.6 is 0 Å². The summed E-state index contributed by atoms with van der Waals surface area (Å²) >= 11 is 0. The zero-order valence-electron chi connectivity index (χ0n) is 21.6. The number of ether oxygens (including phenoxy) is 1. The number of nitrogens with zero attached hydrogens (tertiary/aromatic N) is 4. The highest BCUT2D eigenvalue weighted by Crippen LogP contribution is 2.41. The molecule has 2 aromatic carbocycles. The fraction of sp³-hybridized carbons (Fsp3) is 0.414. The number of nitrogens with one attached hydrogen (secondary N) is 1. The molecule has 3 aliphatic rings. The Kier molecular flexibility index (Phi) is 6.92. The maximum absolute atomic E-state index is 12.7. The van der Waals surface area contributed by atoms with Crippen molar-refractivity contribution in [2.45, 2.75) is 31.7 Å². The normalized spacial score (nSPS) is 22.8. The number of hydrogen-bond donors (Lipinski definition) is 1. The van der Waals surface area contributed by atoms with Gasteiger partial charge in [-0.15, -0.1) is 0 Å². The van der Waals surface area contributed by atoms with E-state index < -0.39 is 0 Å². The SMILES string of the molecule is COc1ccc(C(=O)NCC2CC3CCN2CC3c2cc(-c3ccc(N(C)C)cc3)nc(C)n2)cc1. The Morgan fingerprint density at radius 3 is 2.50 bits per heavy atom. The number of carbonyl (C=O) groups is 1. The first kappa shape index (κ1) is 24.3. The van der Waals surface area contributed by atoms with Crippen molar-refractivity contribution in [3.05, 3.63) is 71.7 Å². The van der Waals surface area contributed by atoms with Crippen molar-refractivity contribution in [3.8, 4) is 17.0 Å². The molecule has 1 N–H and O–H groups in total. The zero-order valence-corrected chi connectivity index (χ0v) is 21.6. The van der Waals surface area contributed by atoms with E-state index in [2.05, 4.69) is 45.4 Å². The number of piperidine rings is 3. The minimum absolute atomic E-state index is 0.0341. The Labute approximate surface area is 213 Å². The van der Waals surface area contributed by atoms with Crippen LogP contribution in [0.5, 0.6) is 5.75 Å². The average molecular weight is 486 g/mol. The van der Waals surface area contributed by atoms with E-state index in [0.717, 1.165) is 48.0 Å². The van der Waals surface area contributed by atoms with Crippen molar-refractivity contribution >= 4 is 11.6 Å². The predicted molar refractivity (Wildman–Crippen MR) is 143 cm³/mol. The van der Waals surface area contributed by atoms with Gasteiger partial charge in [0.05, 0.1) is 12.8 Å². The third-order valence-electron chi connectivity index (χ3n) is 7.65. The maximum atomic E-state index is 12.7. The molecule has 1 amide bonds. The molecule has 3 fully saturated rings. The number of aromatic nitrogens is 2. The van der Waals surface area contributed by atoms with Crippen molar-refractivity contribution < 1.29 is 9.53 Å². The number of carbonyl (C=O) groups excluding carboxylic acids is 1.